The normalized spacial score (nSPS) is 12.1. The van der Waals surface area contributed by atoms with Crippen LogP contribution in [-0.2, 0) is 0 Å². The standard InChI is InChI=1S/C40H24N4/c1-5-13-35-25(9-1)17-29(23-41-35)43-37-15-7-3-11-31(37)33-19-28-22-40-34(20-27(28)21-39(33)43)32-12-4-8-16-38(32)44(40)30-18-26-10-2-6-14-36(26)42-24-30/h1-24H. The van der Waals surface area contributed by atoms with Gasteiger partial charge in [-0.1, -0.05) is 72.8 Å². The van der Waals surface area contributed by atoms with Crippen molar-refractivity contribution in [1.29, 1.82) is 0 Å². The summed E-state index contributed by atoms with van der Waals surface area (Å²) in [6.45, 7) is 0. The molecule has 4 heteroatoms. The lowest BCUT2D eigenvalue weighted by Gasteiger charge is -2.10. The average molecular weight is 561 g/mol. The highest BCUT2D eigenvalue weighted by Crippen LogP contribution is 2.39. The lowest BCUT2D eigenvalue weighted by Crippen LogP contribution is -1.96. The predicted molar refractivity (Wildman–Crippen MR) is 183 cm³/mol. The molecule has 0 saturated carbocycles. The molecule has 0 aliphatic rings. The first-order chi connectivity index (χ1) is 21.8. The molecule has 0 amide bonds. The molecule has 4 nitrogen and oxygen atoms in total. The van der Waals surface area contributed by atoms with Crippen molar-refractivity contribution in [2.45, 2.75) is 0 Å². The molecule has 6 aromatic carbocycles. The first-order valence-corrected chi connectivity index (χ1v) is 14.9. The van der Waals surface area contributed by atoms with E-state index in [9.17, 15) is 0 Å². The molecule has 0 bridgehead atoms. The molecule has 10 rings (SSSR count). The minimum Gasteiger partial charge on any atom is -0.308 e. The van der Waals surface area contributed by atoms with Crippen LogP contribution >= 0.6 is 0 Å². The number of nitrogens with zero attached hydrogens (tertiary/aromatic N) is 4. The molecule has 0 unspecified atom stereocenters. The fourth-order valence-corrected chi connectivity index (χ4v) is 7.10. The summed E-state index contributed by atoms with van der Waals surface area (Å²) in [5.41, 5.74) is 8.85. The second-order valence-corrected chi connectivity index (χ2v) is 11.6. The summed E-state index contributed by atoms with van der Waals surface area (Å²) in [6.07, 6.45) is 3.99. The maximum atomic E-state index is 4.81. The largest absolute Gasteiger partial charge is 0.308 e. The van der Waals surface area contributed by atoms with Crippen molar-refractivity contribution >= 4 is 76.2 Å². The van der Waals surface area contributed by atoms with Gasteiger partial charge in [0.25, 0.3) is 0 Å². The van der Waals surface area contributed by atoms with Gasteiger partial charge in [-0.05, 0) is 71.4 Å². The minimum atomic E-state index is 1.00. The second-order valence-electron chi connectivity index (χ2n) is 11.6. The number of fused-ring (bicyclic) bond motifs is 9. The summed E-state index contributed by atoms with van der Waals surface area (Å²) in [6, 6.07) is 47.9. The van der Waals surface area contributed by atoms with Gasteiger partial charge in [-0.2, -0.15) is 0 Å². The van der Waals surface area contributed by atoms with Crippen LogP contribution in [0.1, 0.15) is 0 Å². The molecule has 0 radical (unpaired) electrons. The predicted octanol–water partition coefficient (Wildman–Crippen LogP) is 10.1. The average Bonchev–Trinajstić information content (AvgIpc) is 3.57. The van der Waals surface area contributed by atoms with Crippen LogP contribution in [0, 0.1) is 0 Å². The number of hydrogen-bond donors (Lipinski definition) is 0. The van der Waals surface area contributed by atoms with Crippen molar-refractivity contribution in [2.75, 3.05) is 0 Å². The SMILES string of the molecule is c1ccc2ncc(-n3c4ccccc4c4cc5cc6c(cc5cc43)c3ccccc3n6-c3cnc4ccccc4c3)cc2c1. The molecular formula is C40H24N4. The van der Waals surface area contributed by atoms with E-state index in [-0.39, 0.29) is 0 Å². The van der Waals surface area contributed by atoms with E-state index in [1.807, 2.05) is 24.5 Å². The zero-order valence-electron chi connectivity index (χ0n) is 23.6. The molecule has 4 aromatic heterocycles. The molecule has 0 spiro atoms. The summed E-state index contributed by atoms with van der Waals surface area (Å²) in [5.74, 6) is 0. The van der Waals surface area contributed by atoms with Gasteiger partial charge in [0, 0.05) is 32.3 Å². The van der Waals surface area contributed by atoms with Gasteiger partial charge in [0.2, 0.25) is 0 Å². The molecule has 0 N–H and O–H groups in total. The molecule has 0 saturated heterocycles. The molecule has 10 aromatic rings. The number of rotatable bonds is 2. The van der Waals surface area contributed by atoms with Crippen LogP contribution < -0.4 is 0 Å². The van der Waals surface area contributed by atoms with Crippen LogP contribution in [0.2, 0.25) is 0 Å². The van der Waals surface area contributed by atoms with Crippen molar-refractivity contribution in [3.05, 3.63) is 146 Å². The third-order valence-corrected chi connectivity index (χ3v) is 9.09. The monoisotopic (exact) mass is 560 g/mol. The smallest absolute Gasteiger partial charge is 0.0703 e. The van der Waals surface area contributed by atoms with Crippen LogP contribution in [-0.4, -0.2) is 19.1 Å². The second kappa shape index (κ2) is 8.76. The highest BCUT2D eigenvalue weighted by molar-refractivity contribution is 6.18. The highest BCUT2D eigenvalue weighted by Gasteiger charge is 2.17. The molecule has 44 heavy (non-hydrogen) atoms. The summed E-state index contributed by atoms with van der Waals surface area (Å²) in [7, 11) is 0. The fourth-order valence-electron chi connectivity index (χ4n) is 7.10. The lowest BCUT2D eigenvalue weighted by molar-refractivity contribution is 1.16. The van der Waals surface area contributed by atoms with Gasteiger partial charge < -0.3 is 9.13 Å². The van der Waals surface area contributed by atoms with E-state index in [0.29, 0.717) is 0 Å². The summed E-state index contributed by atoms with van der Waals surface area (Å²) < 4.78 is 4.72. The van der Waals surface area contributed by atoms with E-state index in [4.69, 9.17) is 9.97 Å². The van der Waals surface area contributed by atoms with E-state index >= 15 is 0 Å². The molecule has 4 heterocycles. The van der Waals surface area contributed by atoms with Crippen molar-refractivity contribution in [1.82, 2.24) is 19.1 Å². The van der Waals surface area contributed by atoms with E-state index in [0.717, 1.165) is 33.2 Å². The Morgan fingerprint density at radius 3 is 1.27 bits per heavy atom. The van der Waals surface area contributed by atoms with E-state index < -0.39 is 0 Å². The molecule has 0 aliphatic carbocycles. The van der Waals surface area contributed by atoms with Gasteiger partial charge in [0.05, 0.1) is 56.9 Å². The Balaban J connectivity index is 1.29. The zero-order valence-corrected chi connectivity index (χ0v) is 23.6. The highest BCUT2D eigenvalue weighted by atomic mass is 15.0. The van der Waals surface area contributed by atoms with E-state index in [1.54, 1.807) is 0 Å². The first-order valence-electron chi connectivity index (χ1n) is 14.9. The Bertz CT molecular complexity index is 2590. The third-order valence-electron chi connectivity index (χ3n) is 9.09. The van der Waals surface area contributed by atoms with Gasteiger partial charge in [-0.15, -0.1) is 0 Å². The van der Waals surface area contributed by atoms with Gasteiger partial charge in [-0.25, -0.2) is 0 Å². The Morgan fingerprint density at radius 1 is 0.341 bits per heavy atom. The minimum absolute atomic E-state index is 1.00. The van der Waals surface area contributed by atoms with Gasteiger partial charge in [0.15, 0.2) is 0 Å². The molecule has 0 fully saturated rings. The van der Waals surface area contributed by atoms with Gasteiger partial charge in [0.1, 0.15) is 0 Å². The van der Waals surface area contributed by atoms with Crippen LogP contribution in [0.25, 0.3) is 87.6 Å². The number of pyridine rings is 2. The topological polar surface area (TPSA) is 35.6 Å². The summed E-state index contributed by atoms with van der Waals surface area (Å²) in [4.78, 5) is 9.62. The van der Waals surface area contributed by atoms with Gasteiger partial charge >= 0.3 is 0 Å². The van der Waals surface area contributed by atoms with Crippen LogP contribution in [0.15, 0.2) is 146 Å². The quantitative estimate of drug-likeness (QED) is 0.211. The Labute approximate surface area is 252 Å². The Hall–Kier alpha value is -6.00. The molecular weight excluding hydrogens is 536 g/mol. The summed E-state index contributed by atoms with van der Waals surface area (Å²) in [5, 5.41) is 9.62. The zero-order chi connectivity index (χ0) is 28.8. The van der Waals surface area contributed by atoms with E-state index in [2.05, 4.69) is 130 Å². The first kappa shape index (κ1) is 23.6. The van der Waals surface area contributed by atoms with Crippen LogP contribution in [0.4, 0.5) is 0 Å². The van der Waals surface area contributed by atoms with Crippen molar-refractivity contribution in [3.8, 4) is 11.4 Å². The van der Waals surface area contributed by atoms with Crippen LogP contribution in [0.5, 0.6) is 0 Å². The van der Waals surface area contributed by atoms with Crippen molar-refractivity contribution in [2.24, 2.45) is 0 Å². The third kappa shape index (κ3) is 3.28. The number of aromatic nitrogens is 4. The van der Waals surface area contributed by atoms with Crippen LogP contribution in [0.3, 0.4) is 0 Å². The Morgan fingerprint density at radius 2 is 0.773 bits per heavy atom. The lowest BCUT2D eigenvalue weighted by atomic mass is 10.0. The maximum absolute atomic E-state index is 4.81. The number of para-hydroxylation sites is 4. The molecule has 204 valence electrons. The van der Waals surface area contributed by atoms with E-state index in [1.165, 1.54) is 54.4 Å². The summed E-state index contributed by atoms with van der Waals surface area (Å²) >= 11 is 0. The maximum Gasteiger partial charge on any atom is 0.0703 e. The van der Waals surface area contributed by atoms with Crippen molar-refractivity contribution in [3.63, 3.8) is 0 Å². The Kier molecular flexibility index (Phi) is 4.69. The molecule has 0 atom stereocenters. The number of benzene rings is 6. The molecule has 0 aliphatic heterocycles. The van der Waals surface area contributed by atoms with Gasteiger partial charge in [-0.3, -0.25) is 9.97 Å². The number of hydrogen-bond acceptors (Lipinski definition) is 2. The van der Waals surface area contributed by atoms with Crippen molar-refractivity contribution < 1.29 is 0 Å². The fraction of sp³-hybridized carbons (Fsp3) is 0.